The fourth-order valence-electron chi connectivity index (χ4n) is 2.32. The Morgan fingerprint density at radius 3 is 2.62 bits per heavy atom. The zero-order valence-corrected chi connectivity index (χ0v) is 13.9. The number of benzene rings is 2. The molecule has 3 rings (SSSR count). The minimum Gasteiger partial charge on any atom is -0.478 e. The van der Waals surface area contributed by atoms with E-state index in [4.69, 9.17) is 9.84 Å². The molecule has 130 valence electrons. The van der Waals surface area contributed by atoms with Crippen LogP contribution in [0.25, 0.3) is 17.5 Å². The van der Waals surface area contributed by atoms with Crippen molar-refractivity contribution >= 4 is 12.0 Å². The molecular weight excluding hydrogens is 335 g/mol. The quantitative estimate of drug-likeness (QED) is 0.715. The van der Waals surface area contributed by atoms with E-state index in [-0.39, 0.29) is 11.6 Å². The monoisotopic (exact) mass is 350 g/mol. The lowest BCUT2D eigenvalue weighted by Gasteiger charge is -2.10. The minimum absolute atomic E-state index is 0.149. The molecule has 26 heavy (non-hydrogen) atoms. The maximum absolute atomic E-state index is 13.9. The van der Waals surface area contributed by atoms with Crippen molar-refractivity contribution in [2.45, 2.75) is 6.92 Å². The van der Waals surface area contributed by atoms with Crippen molar-refractivity contribution < 1.29 is 19.0 Å². The van der Waals surface area contributed by atoms with E-state index < -0.39 is 17.3 Å². The van der Waals surface area contributed by atoms with Crippen LogP contribution < -0.4 is 4.74 Å². The topological polar surface area (TPSA) is 72.3 Å². The molecule has 0 bridgehead atoms. The average molecular weight is 350 g/mol. The Morgan fingerprint density at radius 2 is 1.96 bits per heavy atom. The van der Waals surface area contributed by atoms with Crippen LogP contribution in [0.5, 0.6) is 11.6 Å². The van der Waals surface area contributed by atoms with Crippen molar-refractivity contribution in [1.29, 1.82) is 0 Å². The number of aromatic carboxylic acids is 1. The lowest BCUT2D eigenvalue weighted by atomic mass is 10.2. The second-order valence-corrected chi connectivity index (χ2v) is 5.37. The molecule has 0 saturated heterocycles. The average Bonchev–Trinajstić information content (AvgIpc) is 2.64. The van der Waals surface area contributed by atoms with E-state index >= 15 is 0 Å². The number of rotatable bonds is 5. The molecule has 0 spiro atoms. The fourth-order valence-corrected chi connectivity index (χ4v) is 2.32. The van der Waals surface area contributed by atoms with E-state index in [1.54, 1.807) is 12.3 Å². The number of nitrogens with zero attached hydrogens (tertiary/aromatic N) is 2. The van der Waals surface area contributed by atoms with Gasteiger partial charge in [0.05, 0.1) is 11.1 Å². The minimum atomic E-state index is -1.34. The molecule has 0 saturated carbocycles. The van der Waals surface area contributed by atoms with Gasteiger partial charge < -0.3 is 9.84 Å². The van der Waals surface area contributed by atoms with E-state index in [1.165, 1.54) is 6.07 Å². The molecule has 0 aliphatic carbocycles. The Balaban J connectivity index is 2.00. The molecule has 2 aromatic carbocycles. The summed E-state index contributed by atoms with van der Waals surface area (Å²) in [7, 11) is 0. The molecule has 1 heterocycles. The number of allylic oxidation sites excluding steroid dienone is 1. The van der Waals surface area contributed by atoms with Crippen LogP contribution >= 0.6 is 0 Å². The molecule has 1 aromatic heterocycles. The van der Waals surface area contributed by atoms with Gasteiger partial charge in [-0.15, -0.1) is 0 Å². The van der Waals surface area contributed by atoms with Gasteiger partial charge in [-0.3, -0.25) is 0 Å². The van der Waals surface area contributed by atoms with Crippen LogP contribution in [0, 0.1) is 5.82 Å². The number of carboxylic acids is 1. The molecule has 3 aromatic rings. The Kier molecular flexibility index (Phi) is 5.03. The molecule has 0 aliphatic heterocycles. The first-order valence-electron chi connectivity index (χ1n) is 7.84. The van der Waals surface area contributed by atoms with Gasteiger partial charge in [0.1, 0.15) is 11.6 Å². The van der Waals surface area contributed by atoms with Crippen molar-refractivity contribution in [3.8, 4) is 23.0 Å². The molecule has 0 fully saturated rings. The molecule has 1 N–H and O–H groups in total. The Labute approximate surface area is 149 Å². The zero-order chi connectivity index (χ0) is 18.5. The first-order valence-corrected chi connectivity index (χ1v) is 7.84. The van der Waals surface area contributed by atoms with Crippen molar-refractivity contribution in [2.75, 3.05) is 0 Å². The van der Waals surface area contributed by atoms with Gasteiger partial charge in [-0.2, -0.15) is 4.98 Å². The predicted molar refractivity (Wildman–Crippen MR) is 95.6 cm³/mol. The molecule has 0 aliphatic rings. The van der Waals surface area contributed by atoms with Gasteiger partial charge in [-0.05, 0) is 19.1 Å². The third-order valence-electron chi connectivity index (χ3n) is 3.54. The summed E-state index contributed by atoms with van der Waals surface area (Å²) in [6.07, 6.45) is 5.20. The largest absolute Gasteiger partial charge is 0.478 e. The van der Waals surface area contributed by atoms with Crippen molar-refractivity contribution in [3.05, 3.63) is 77.7 Å². The van der Waals surface area contributed by atoms with Crippen LogP contribution in [-0.4, -0.2) is 21.0 Å². The summed E-state index contributed by atoms with van der Waals surface area (Å²) >= 11 is 0. The third kappa shape index (κ3) is 3.75. The van der Waals surface area contributed by atoms with E-state index in [1.807, 2.05) is 43.3 Å². The summed E-state index contributed by atoms with van der Waals surface area (Å²) < 4.78 is 19.6. The summed E-state index contributed by atoms with van der Waals surface area (Å²) in [6, 6.07) is 12.9. The first kappa shape index (κ1) is 17.3. The molecule has 0 amide bonds. The molecule has 6 heteroatoms. The lowest BCUT2D eigenvalue weighted by Crippen LogP contribution is -2.01. The smallest absolute Gasteiger partial charge is 0.338 e. The summed E-state index contributed by atoms with van der Waals surface area (Å²) in [4.78, 5) is 19.7. The lowest BCUT2D eigenvalue weighted by molar-refractivity contribution is 0.0692. The summed E-state index contributed by atoms with van der Waals surface area (Å²) in [5.41, 5.74) is 1.02. The van der Waals surface area contributed by atoms with Crippen molar-refractivity contribution in [3.63, 3.8) is 0 Å². The Morgan fingerprint density at radius 1 is 1.19 bits per heavy atom. The molecule has 0 radical (unpaired) electrons. The molecule has 5 nitrogen and oxygen atoms in total. The van der Waals surface area contributed by atoms with Crippen LogP contribution in [0.3, 0.4) is 0 Å². The highest BCUT2D eigenvalue weighted by Crippen LogP contribution is 2.28. The Hall–Kier alpha value is -3.54. The molecule has 0 atom stereocenters. The van der Waals surface area contributed by atoms with Gasteiger partial charge in [0.2, 0.25) is 5.88 Å². The van der Waals surface area contributed by atoms with Gasteiger partial charge in [0.15, 0.2) is 5.82 Å². The standard InChI is InChI=1S/C20H15FN2O3/c1-2-6-14-12-22-18(13-7-4-3-5-8-13)23-19(14)26-15-9-10-16(20(24)25)17(21)11-15/h2-12H,1H3,(H,24,25)/b6-2+. The highest BCUT2D eigenvalue weighted by molar-refractivity contribution is 5.88. The zero-order valence-electron chi connectivity index (χ0n) is 13.9. The number of hydrogen-bond acceptors (Lipinski definition) is 4. The van der Waals surface area contributed by atoms with E-state index in [9.17, 15) is 9.18 Å². The molecular formula is C20H15FN2O3. The maximum Gasteiger partial charge on any atom is 0.338 e. The van der Waals surface area contributed by atoms with Crippen LogP contribution in [-0.2, 0) is 0 Å². The van der Waals surface area contributed by atoms with Crippen LogP contribution in [0.15, 0.2) is 60.8 Å². The van der Waals surface area contributed by atoms with Crippen LogP contribution in [0.2, 0.25) is 0 Å². The summed E-state index contributed by atoms with van der Waals surface area (Å²) in [6.45, 7) is 1.84. The van der Waals surface area contributed by atoms with Gasteiger partial charge in [0, 0.05) is 17.8 Å². The first-order chi connectivity index (χ1) is 12.6. The van der Waals surface area contributed by atoms with Crippen molar-refractivity contribution in [2.24, 2.45) is 0 Å². The highest BCUT2D eigenvalue weighted by atomic mass is 19.1. The molecule has 0 unspecified atom stereocenters. The van der Waals surface area contributed by atoms with E-state index in [0.29, 0.717) is 11.4 Å². The van der Waals surface area contributed by atoms with Gasteiger partial charge >= 0.3 is 5.97 Å². The normalized spacial score (nSPS) is 10.8. The van der Waals surface area contributed by atoms with E-state index in [0.717, 1.165) is 17.7 Å². The highest BCUT2D eigenvalue weighted by Gasteiger charge is 2.14. The number of ether oxygens (including phenoxy) is 1. The second kappa shape index (κ2) is 7.57. The predicted octanol–water partition coefficient (Wildman–Crippen LogP) is 4.81. The van der Waals surface area contributed by atoms with Crippen LogP contribution in [0.4, 0.5) is 4.39 Å². The van der Waals surface area contributed by atoms with Crippen LogP contribution in [0.1, 0.15) is 22.8 Å². The number of carboxylic acid groups (broad SMARTS) is 1. The third-order valence-corrected chi connectivity index (χ3v) is 3.54. The summed E-state index contributed by atoms with van der Waals surface area (Å²) in [5.74, 6) is -1.34. The number of carbonyl (C=O) groups is 1. The Bertz CT molecular complexity index is 972. The number of hydrogen-bond donors (Lipinski definition) is 1. The van der Waals surface area contributed by atoms with Gasteiger partial charge in [0.25, 0.3) is 0 Å². The van der Waals surface area contributed by atoms with E-state index in [2.05, 4.69) is 9.97 Å². The summed E-state index contributed by atoms with van der Waals surface area (Å²) in [5, 5.41) is 8.91. The number of aromatic nitrogens is 2. The number of halogens is 1. The SMILES string of the molecule is C/C=C/c1cnc(-c2ccccc2)nc1Oc1ccc(C(=O)O)c(F)c1. The fraction of sp³-hybridized carbons (Fsp3) is 0.0500. The van der Waals surface area contributed by atoms with Gasteiger partial charge in [-0.1, -0.05) is 42.5 Å². The van der Waals surface area contributed by atoms with Crippen molar-refractivity contribution in [1.82, 2.24) is 9.97 Å². The second-order valence-electron chi connectivity index (χ2n) is 5.37. The maximum atomic E-state index is 13.9. The van der Waals surface area contributed by atoms with Gasteiger partial charge in [-0.25, -0.2) is 14.2 Å².